The summed E-state index contributed by atoms with van der Waals surface area (Å²) < 4.78 is 24.4. The molecule has 4 nitrogen and oxygen atoms in total. The van der Waals surface area contributed by atoms with Crippen molar-refractivity contribution in [3.05, 3.63) is 51.7 Å². The number of nitrogens with zero attached hydrogens (tertiary/aromatic N) is 2. The molecule has 0 aliphatic carbocycles. The van der Waals surface area contributed by atoms with Gasteiger partial charge in [-0.25, -0.2) is 4.98 Å². The third-order valence-corrected chi connectivity index (χ3v) is 3.28. The topological polar surface area (TPSA) is 56.0 Å². The quantitative estimate of drug-likeness (QED) is 0.357. The highest BCUT2D eigenvalue weighted by molar-refractivity contribution is 7.99. The number of rotatable bonds is 4. The van der Waals surface area contributed by atoms with Gasteiger partial charge in [0.25, 0.3) is 11.4 Å². The number of pyridine rings is 1. The minimum absolute atomic E-state index is 0.000215. The second-order valence-electron chi connectivity index (χ2n) is 3.69. The van der Waals surface area contributed by atoms with Gasteiger partial charge in [0.15, 0.2) is 0 Å². The standard InChI is InChI=1S/C12H7ClF2N2O2S/c13-11-6-8(17(18)19)5-10(16-11)7-1-3-9(4-2-7)20-12(14)15/h1-6,12H. The Balaban J connectivity index is 2.34. The van der Waals surface area contributed by atoms with Crippen molar-refractivity contribution in [2.45, 2.75) is 10.7 Å². The molecule has 104 valence electrons. The van der Waals surface area contributed by atoms with Gasteiger partial charge in [0.05, 0.1) is 16.7 Å². The monoisotopic (exact) mass is 316 g/mol. The van der Waals surface area contributed by atoms with E-state index in [0.717, 1.165) is 6.07 Å². The van der Waals surface area contributed by atoms with E-state index in [0.29, 0.717) is 27.9 Å². The molecule has 0 unspecified atom stereocenters. The van der Waals surface area contributed by atoms with E-state index in [2.05, 4.69) is 4.98 Å². The summed E-state index contributed by atoms with van der Waals surface area (Å²) in [6.45, 7) is 0. The normalized spacial score (nSPS) is 10.8. The molecule has 1 aromatic heterocycles. The van der Waals surface area contributed by atoms with Gasteiger partial charge in [-0.2, -0.15) is 8.78 Å². The van der Waals surface area contributed by atoms with E-state index in [4.69, 9.17) is 11.6 Å². The first-order valence-corrected chi connectivity index (χ1v) is 6.58. The first kappa shape index (κ1) is 14.7. The van der Waals surface area contributed by atoms with Crippen LogP contribution in [0.3, 0.4) is 0 Å². The summed E-state index contributed by atoms with van der Waals surface area (Å²) >= 11 is 6.15. The number of hydrogen-bond acceptors (Lipinski definition) is 4. The number of benzene rings is 1. The molecule has 0 aliphatic heterocycles. The van der Waals surface area contributed by atoms with Gasteiger partial charge in [-0.15, -0.1) is 0 Å². The summed E-state index contributed by atoms with van der Waals surface area (Å²) in [5.41, 5.74) is 0.707. The zero-order valence-electron chi connectivity index (χ0n) is 9.79. The molecule has 1 heterocycles. The third-order valence-electron chi connectivity index (χ3n) is 2.36. The molecule has 0 spiro atoms. The first-order valence-electron chi connectivity index (χ1n) is 5.33. The lowest BCUT2D eigenvalue weighted by Crippen LogP contribution is -1.92. The molecule has 1 aromatic carbocycles. The second-order valence-corrected chi connectivity index (χ2v) is 5.14. The van der Waals surface area contributed by atoms with Gasteiger partial charge >= 0.3 is 0 Å². The molecule has 0 aliphatic rings. The molecule has 0 amide bonds. The molecule has 2 aromatic rings. The lowest BCUT2D eigenvalue weighted by molar-refractivity contribution is -0.384. The minimum atomic E-state index is -2.49. The predicted molar refractivity (Wildman–Crippen MR) is 73.2 cm³/mol. The van der Waals surface area contributed by atoms with Crippen LogP contribution in [0.4, 0.5) is 14.5 Å². The van der Waals surface area contributed by atoms with Crippen molar-refractivity contribution in [2.75, 3.05) is 0 Å². The SMILES string of the molecule is O=[N+]([O-])c1cc(Cl)nc(-c2ccc(SC(F)F)cc2)c1. The number of halogens is 3. The first-order chi connectivity index (χ1) is 9.45. The Labute approximate surface area is 121 Å². The van der Waals surface area contributed by atoms with Crippen LogP contribution in [0, 0.1) is 10.1 Å². The fourth-order valence-electron chi connectivity index (χ4n) is 1.54. The van der Waals surface area contributed by atoms with Crippen molar-refractivity contribution in [3.8, 4) is 11.3 Å². The fraction of sp³-hybridized carbons (Fsp3) is 0.0833. The summed E-state index contributed by atoms with van der Waals surface area (Å²) in [7, 11) is 0. The zero-order chi connectivity index (χ0) is 14.7. The molecule has 0 saturated heterocycles. The Kier molecular flexibility index (Phi) is 4.51. The fourth-order valence-corrected chi connectivity index (χ4v) is 2.25. The predicted octanol–water partition coefficient (Wildman–Crippen LogP) is 4.62. The Morgan fingerprint density at radius 1 is 1.25 bits per heavy atom. The highest BCUT2D eigenvalue weighted by Crippen LogP contribution is 2.29. The molecule has 0 fully saturated rings. The number of nitro groups is 1. The van der Waals surface area contributed by atoms with E-state index in [1.54, 1.807) is 12.1 Å². The zero-order valence-corrected chi connectivity index (χ0v) is 11.4. The molecule has 0 saturated carbocycles. The highest BCUT2D eigenvalue weighted by Gasteiger charge is 2.12. The van der Waals surface area contributed by atoms with Crippen molar-refractivity contribution in [3.63, 3.8) is 0 Å². The van der Waals surface area contributed by atoms with Gasteiger partial charge in [-0.3, -0.25) is 10.1 Å². The van der Waals surface area contributed by atoms with Crippen molar-refractivity contribution < 1.29 is 13.7 Å². The maximum atomic E-state index is 12.2. The Hall–Kier alpha value is -1.73. The summed E-state index contributed by atoms with van der Waals surface area (Å²) in [5, 5.41) is 10.7. The summed E-state index contributed by atoms with van der Waals surface area (Å²) in [4.78, 5) is 14.6. The molecular formula is C12H7ClF2N2O2S. The van der Waals surface area contributed by atoms with Crippen LogP contribution in [-0.4, -0.2) is 15.7 Å². The molecule has 0 radical (unpaired) electrons. The van der Waals surface area contributed by atoms with E-state index >= 15 is 0 Å². The maximum Gasteiger partial charge on any atom is 0.288 e. The molecule has 20 heavy (non-hydrogen) atoms. The summed E-state index contributed by atoms with van der Waals surface area (Å²) in [6.07, 6.45) is 0. The van der Waals surface area contributed by atoms with E-state index in [9.17, 15) is 18.9 Å². The van der Waals surface area contributed by atoms with E-state index < -0.39 is 10.7 Å². The molecule has 2 rings (SSSR count). The van der Waals surface area contributed by atoms with E-state index in [-0.39, 0.29) is 10.8 Å². The third kappa shape index (κ3) is 3.64. The highest BCUT2D eigenvalue weighted by atomic mass is 35.5. The Morgan fingerprint density at radius 2 is 1.90 bits per heavy atom. The van der Waals surface area contributed by atoms with Gasteiger partial charge in [0.2, 0.25) is 0 Å². The van der Waals surface area contributed by atoms with Gasteiger partial charge in [0.1, 0.15) is 5.15 Å². The largest absolute Gasteiger partial charge is 0.288 e. The van der Waals surface area contributed by atoms with Gasteiger partial charge < -0.3 is 0 Å². The van der Waals surface area contributed by atoms with Crippen LogP contribution in [0.2, 0.25) is 5.15 Å². The van der Waals surface area contributed by atoms with Crippen molar-refractivity contribution in [1.29, 1.82) is 0 Å². The van der Waals surface area contributed by atoms with Crippen LogP contribution in [0.5, 0.6) is 0 Å². The van der Waals surface area contributed by atoms with Crippen LogP contribution < -0.4 is 0 Å². The minimum Gasteiger partial charge on any atom is -0.258 e. The summed E-state index contributed by atoms with van der Waals surface area (Å²) in [6, 6.07) is 8.55. The van der Waals surface area contributed by atoms with Gasteiger partial charge in [-0.05, 0) is 12.1 Å². The van der Waals surface area contributed by atoms with Crippen molar-refractivity contribution in [1.82, 2.24) is 4.98 Å². The van der Waals surface area contributed by atoms with E-state index in [1.807, 2.05) is 0 Å². The molecule has 0 N–H and O–H groups in total. The molecule has 8 heteroatoms. The second kappa shape index (κ2) is 6.15. The van der Waals surface area contributed by atoms with Crippen molar-refractivity contribution in [2.24, 2.45) is 0 Å². The van der Waals surface area contributed by atoms with Gasteiger partial charge in [0, 0.05) is 16.5 Å². The van der Waals surface area contributed by atoms with Crippen LogP contribution in [0.1, 0.15) is 0 Å². The van der Waals surface area contributed by atoms with Crippen LogP contribution >= 0.6 is 23.4 Å². The molecule has 0 atom stereocenters. The smallest absolute Gasteiger partial charge is 0.258 e. The van der Waals surface area contributed by atoms with Gasteiger partial charge in [-0.1, -0.05) is 35.5 Å². The number of aromatic nitrogens is 1. The van der Waals surface area contributed by atoms with Crippen molar-refractivity contribution >= 4 is 29.1 Å². The summed E-state index contributed by atoms with van der Waals surface area (Å²) in [5.74, 6) is -2.49. The lowest BCUT2D eigenvalue weighted by Gasteiger charge is -2.04. The maximum absolute atomic E-state index is 12.2. The lowest BCUT2D eigenvalue weighted by atomic mass is 10.1. The molecule has 0 bridgehead atoms. The molecular weight excluding hydrogens is 310 g/mol. The average Bonchev–Trinajstić information content (AvgIpc) is 2.38. The van der Waals surface area contributed by atoms with Crippen LogP contribution in [-0.2, 0) is 0 Å². The van der Waals surface area contributed by atoms with Crippen LogP contribution in [0.25, 0.3) is 11.3 Å². The Bertz CT molecular complexity index is 638. The number of hydrogen-bond donors (Lipinski definition) is 0. The van der Waals surface area contributed by atoms with E-state index in [1.165, 1.54) is 18.2 Å². The average molecular weight is 317 g/mol. The Morgan fingerprint density at radius 3 is 2.45 bits per heavy atom. The van der Waals surface area contributed by atoms with Crippen LogP contribution in [0.15, 0.2) is 41.3 Å². The number of alkyl halides is 2. The number of thioether (sulfide) groups is 1.